The van der Waals surface area contributed by atoms with Gasteiger partial charge in [-0.05, 0) is 25.7 Å². The van der Waals surface area contributed by atoms with Crippen molar-refractivity contribution in [2.24, 2.45) is 11.7 Å². The van der Waals surface area contributed by atoms with Crippen LogP contribution in [0.5, 0.6) is 0 Å². The Bertz CT molecular complexity index is 283. The lowest BCUT2D eigenvalue weighted by Gasteiger charge is -2.36. The first-order valence-electron chi connectivity index (χ1n) is 7.33. The highest BCUT2D eigenvalue weighted by molar-refractivity contribution is 5.79. The lowest BCUT2D eigenvalue weighted by Crippen LogP contribution is -2.46. The first kappa shape index (κ1) is 16.3. The molecule has 3 nitrogen and oxygen atoms in total. The highest BCUT2D eigenvalue weighted by atomic mass is 19.3. The molecule has 0 unspecified atom stereocenters. The molecule has 0 aromatic carbocycles. The van der Waals surface area contributed by atoms with Crippen LogP contribution in [0.2, 0.25) is 0 Å². The van der Waals surface area contributed by atoms with Crippen molar-refractivity contribution < 1.29 is 13.6 Å². The zero-order valence-corrected chi connectivity index (χ0v) is 12.0. The molecule has 5 heteroatoms. The molecule has 2 N–H and O–H groups in total. The summed E-state index contributed by atoms with van der Waals surface area (Å²) in [6.45, 7) is 5.03. The summed E-state index contributed by atoms with van der Waals surface area (Å²) < 4.78 is 26.3. The zero-order chi connectivity index (χ0) is 14.5. The van der Waals surface area contributed by atoms with E-state index in [9.17, 15) is 13.6 Å². The summed E-state index contributed by atoms with van der Waals surface area (Å²) in [5.41, 5.74) is 5.57. The maximum atomic E-state index is 13.1. The minimum absolute atomic E-state index is 0.0228. The third-order valence-corrected chi connectivity index (χ3v) is 4.10. The summed E-state index contributed by atoms with van der Waals surface area (Å²) in [5, 5.41) is 0. The third-order valence-electron chi connectivity index (χ3n) is 4.10. The molecular formula is C14H26F2N2O. The topological polar surface area (TPSA) is 46.3 Å². The summed E-state index contributed by atoms with van der Waals surface area (Å²) in [7, 11) is 0. The summed E-state index contributed by atoms with van der Waals surface area (Å²) >= 11 is 0. The quantitative estimate of drug-likeness (QED) is 0.811. The number of amides is 1. The smallest absolute Gasteiger partial charge is 0.248 e. The molecule has 0 atom stereocenters. The normalized spacial score (nSPS) is 19.7. The van der Waals surface area contributed by atoms with Gasteiger partial charge in [-0.1, -0.05) is 13.8 Å². The van der Waals surface area contributed by atoms with Gasteiger partial charge in [-0.2, -0.15) is 0 Å². The fraction of sp³-hybridized carbons (Fsp3) is 0.929. The molecule has 1 fully saturated rings. The number of nitrogens with zero attached hydrogens (tertiary/aromatic N) is 1. The van der Waals surface area contributed by atoms with Gasteiger partial charge in [-0.15, -0.1) is 0 Å². The largest absolute Gasteiger partial charge is 0.338 e. The molecule has 1 rings (SSSR count). The summed E-state index contributed by atoms with van der Waals surface area (Å²) in [4.78, 5) is 14.3. The van der Waals surface area contributed by atoms with Crippen LogP contribution in [0.4, 0.5) is 8.78 Å². The van der Waals surface area contributed by atoms with Gasteiger partial charge >= 0.3 is 0 Å². The Morgan fingerprint density at radius 3 is 2.26 bits per heavy atom. The summed E-state index contributed by atoms with van der Waals surface area (Å²) in [6.07, 6.45) is 2.03. The average molecular weight is 276 g/mol. The Morgan fingerprint density at radius 2 is 1.84 bits per heavy atom. The van der Waals surface area contributed by atoms with Gasteiger partial charge in [-0.3, -0.25) is 4.79 Å². The Balaban J connectivity index is 2.66. The molecule has 1 aliphatic carbocycles. The van der Waals surface area contributed by atoms with E-state index in [1.54, 1.807) is 0 Å². The van der Waals surface area contributed by atoms with Gasteiger partial charge in [0.25, 0.3) is 0 Å². The summed E-state index contributed by atoms with van der Waals surface area (Å²) in [6, 6.07) is 0.179. The van der Waals surface area contributed by atoms with Gasteiger partial charge in [0.15, 0.2) is 0 Å². The van der Waals surface area contributed by atoms with Gasteiger partial charge in [0.2, 0.25) is 11.8 Å². The molecule has 0 aromatic rings. The van der Waals surface area contributed by atoms with Crippen LogP contribution >= 0.6 is 0 Å². The average Bonchev–Trinajstić information content (AvgIpc) is 2.38. The lowest BCUT2D eigenvalue weighted by molar-refractivity contribution is -0.142. The minimum atomic E-state index is -2.58. The van der Waals surface area contributed by atoms with Crippen LogP contribution in [0.25, 0.3) is 0 Å². The fourth-order valence-corrected chi connectivity index (χ4v) is 2.86. The predicted molar refractivity (Wildman–Crippen MR) is 72.0 cm³/mol. The van der Waals surface area contributed by atoms with Gasteiger partial charge < -0.3 is 10.6 Å². The Morgan fingerprint density at radius 1 is 1.32 bits per heavy atom. The molecule has 0 saturated heterocycles. The SMILES string of the molecule is CCC(CC)N(CCN)C(=O)C1CCC(F)(F)CC1. The number of hydrogen-bond acceptors (Lipinski definition) is 2. The van der Waals surface area contributed by atoms with E-state index in [0.29, 0.717) is 25.9 Å². The summed E-state index contributed by atoms with van der Waals surface area (Å²) in [5.74, 6) is -2.80. The highest BCUT2D eigenvalue weighted by Crippen LogP contribution is 2.37. The van der Waals surface area contributed by atoms with Crippen molar-refractivity contribution in [2.75, 3.05) is 13.1 Å². The third kappa shape index (κ3) is 4.41. The van der Waals surface area contributed by atoms with Gasteiger partial charge in [-0.25, -0.2) is 8.78 Å². The molecular weight excluding hydrogens is 250 g/mol. The number of rotatable bonds is 6. The van der Waals surface area contributed by atoms with Crippen molar-refractivity contribution >= 4 is 5.91 Å². The van der Waals surface area contributed by atoms with Crippen LogP contribution in [0, 0.1) is 5.92 Å². The Labute approximate surface area is 114 Å². The number of carbonyl (C=O) groups is 1. The highest BCUT2D eigenvalue weighted by Gasteiger charge is 2.39. The molecule has 0 radical (unpaired) electrons. The van der Waals surface area contributed by atoms with E-state index in [4.69, 9.17) is 5.73 Å². The van der Waals surface area contributed by atoms with E-state index in [-0.39, 0.29) is 30.7 Å². The van der Waals surface area contributed by atoms with E-state index in [1.165, 1.54) is 0 Å². The van der Waals surface area contributed by atoms with Crippen molar-refractivity contribution in [3.63, 3.8) is 0 Å². The van der Waals surface area contributed by atoms with Crippen LogP contribution in [0.15, 0.2) is 0 Å². The second kappa shape index (κ2) is 7.17. The molecule has 19 heavy (non-hydrogen) atoms. The maximum Gasteiger partial charge on any atom is 0.248 e. The molecule has 0 spiro atoms. The van der Waals surface area contributed by atoms with Crippen LogP contribution in [0.3, 0.4) is 0 Å². The molecule has 0 aromatic heterocycles. The van der Waals surface area contributed by atoms with Crippen molar-refractivity contribution in [2.45, 2.75) is 64.3 Å². The molecule has 1 saturated carbocycles. The molecule has 0 aliphatic heterocycles. The van der Waals surface area contributed by atoms with Crippen molar-refractivity contribution in [1.82, 2.24) is 4.90 Å². The second-order valence-corrected chi connectivity index (χ2v) is 5.42. The second-order valence-electron chi connectivity index (χ2n) is 5.42. The van der Waals surface area contributed by atoms with Crippen LogP contribution in [0.1, 0.15) is 52.4 Å². The first-order valence-corrected chi connectivity index (χ1v) is 7.33. The standard InChI is InChI=1S/C14H26F2N2O/c1-3-12(4-2)18(10-9-17)13(19)11-5-7-14(15,16)8-6-11/h11-12H,3-10,17H2,1-2H3. The molecule has 0 heterocycles. The lowest BCUT2D eigenvalue weighted by atomic mass is 9.85. The number of hydrogen-bond donors (Lipinski definition) is 1. The molecule has 1 aliphatic rings. The van der Waals surface area contributed by atoms with Gasteiger partial charge in [0.05, 0.1) is 0 Å². The number of carbonyl (C=O) groups excluding carboxylic acids is 1. The Hall–Kier alpha value is -0.710. The van der Waals surface area contributed by atoms with E-state index in [2.05, 4.69) is 0 Å². The van der Waals surface area contributed by atoms with E-state index >= 15 is 0 Å². The van der Waals surface area contributed by atoms with Gasteiger partial charge in [0, 0.05) is 37.9 Å². The van der Waals surface area contributed by atoms with E-state index in [0.717, 1.165) is 12.8 Å². The molecule has 1 amide bonds. The number of halogens is 2. The van der Waals surface area contributed by atoms with Gasteiger partial charge in [0.1, 0.15) is 0 Å². The predicted octanol–water partition coefficient (Wildman–Crippen LogP) is 2.79. The van der Waals surface area contributed by atoms with E-state index in [1.807, 2.05) is 18.7 Å². The van der Waals surface area contributed by atoms with Crippen molar-refractivity contribution in [3.8, 4) is 0 Å². The number of nitrogens with two attached hydrogens (primary N) is 1. The van der Waals surface area contributed by atoms with Crippen molar-refractivity contribution in [1.29, 1.82) is 0 Å². The number of alkyl halides is 2. The minimum Gasteiger partial charge on any atom is -0.338 e. The van der Waals surface area contributed by atoms with Crippen LogP contribution in [-0.4, -0.2) is 35.9 Å². The molecule has 112 valence electrons. The monoisotopic (exact) mass is 276 g/mol. The van der Waals surface area contributed by atoms with E-state index < -0.39 is 5.92 Å². The maximum absolute atomic E-state index is 13.1. The first-order chi connectivity index (χ1) is 8.95. The Kier molecular flexibility index (Phi) is 6.17. The zero-order valence-electron chi connectivity index (χ0n) is 12.0. The van der Waals surface area contributed by atoms with Crippen molar-refractivity contribution in [3.05, 3.63) is 0 Å². The fourth-order valence-electron chi connectivity index (χ4n) is 2.86. The van der Waals surface area contributed by atoms with Crippen LogP contribution < -0.4 is 5.73 Å². The van der Waals surface area contributed by atoms with Crippen LogP contribution in [-0.2, 0) is 4.79 Å². The molecule has 0 bridgehead atoms.